The van der Waals surface area contributed by atoms with Gasteiger partial charge in [-0.3, -0.25) is 14.9 Å². The molecule has 154 valence electrons. The molecule has 0 unspecified atom stereocenters. The standard InChI is InChI=1S/C22H18F2N2O4/c23-6-7-26-12-17(16-11-14(24)4-5-18(16)26)20-19(21(28)25-22(20)29)13-2-1-3-15(10-13)30-9-8-27/h1-5,10-12,27H,6-9H2,(H,25,28,29). The lowest BCUT2D eigenvalue weighted by Gasteiger charge is -2.08. The lowest BCUT2D eigenvalue weighted by Crippen LogP contribution is -2.22. The van der Waals surface area contributed by atoms with Crippen LogP contribution in [0.3, 0.4) is 0 Å². The van der Waals surface area contributed by atoms with Crippen molar-refractivity contribution in [2.24, 2.45) is 0 Å². The van der Waals surface area contributed by atoms with E-state index in [-0.39, 0.29) is 30.9 Å². The lowest BCUT2D eigenvalue weighted by molar-refractivity contribution is -0.122. The van der Waals surface area contributed by atoms with E-state index in [0.717, 1.165) is 0 Å². The highest BCUT2D eigenvalue weighted by Gasteiger charge is 2.34. The number of fused-ring (bicyclic) bond motifs is 1. The number of ether oxygens (including phenoxy) is 1. The van der Waals surface area contributed by atoms with Crippen LogP contribution in [0.15, 0.2) is 48.7 Å². The van der Waals surface area contributed by atoms with Gasteiger partial charge in [0.05, 0.1) is 24.3 Å². The van der Waals surface area contributed by atoms with Gasteiger partial charge in [0.25, 0.3) is 11.8 Å². The van der Waals surface area contributed by atoms with Crippen LogP contribution < -0.4 is 10.1 Å². The summed E-state index contributed by atoms with van der Waals surface area (Å²) in [5.41, 5.74) is 1.55. The largest absolute Gasteiger partial charge is 0.491 e. The molecule has 0 bridgehead atoms. The van der Waals surface area contributed by atoms with Crippen molar-refractivity contribution < 1.29 is 28.2 Å². The molecule has 6 nitrogen and oxygen atoms in total. The number of carbonyl (C=O) groups is 2. The second-order valence-corrected chi connectivity index (χ2v) is 6.72. The molecule has 0 radical (unpaired) electrons. The van der Waals surface area contributed by atoms with E-state index in [4.69, 9.17) is 9.84 Å². The summed E-state index contributed by atoms with van der Waals surface area (Å²) in [4.78, 5) is 25.3. The molecule has 8 heteroatoms. The average Bonchev–Trinajstić information content (AvgIpc) is 3.22. The number of aliphatic hydroxyl groups excluding tert-OH is 1. The molecule has 1 aliphatic rings. The Morgan fingerprint density at radius 3 is 2.63 bits per heavy atom. The summed E-state index contributed by atoms with van der Waals surface area (Å²) in [7, 11) is 0. The van der Waals surface area contributed by atoms with E-state index in [1.54, 1.807) is 35.0 Å². The minimum Gasteiger partial charge on any atom is -0.491 e. The molecule has 2 heterocycles. The fraction of sp³-hybridized carbons (Fsp3) is 0.182. The fourth-order valence-corrected chi connectivity index (χ4v) is 3.64. The first-order chi connectivity index (χ1) is 14.5. The third kappa shape index (κ3) is 3.46. The number of alkyl halides is 1. The molecule has 2 amide bonds. The van der Waals surface area contributed by atoms with Crippen molar-refractivity contribution in [3.05, 3.63) is 65.6 Å². The number of imide groups is 1. The molecular weight excluding hydrogens is 394 g/mol. The van der Waals surface area contributed by atoms with Crippen LogP contribution >= 0.6 is 0 Å². The number of halogens is 2. The van der Waals surface area contributed by atoms with Crippen LogP contribution in [0.5, 0.6) is 5.75 Å². The molecule has 4 rings (SSSR count). The van der Waals surface area contributed by atoms with E-state index in [2.05, 4.69) is 5.32 Å². The minimum absolute atomic E-state index is 0.0325. The second-order valence-electron chi connectivity index (χ2n) is 6.72. The number of aliphatic hydroxyl groups is 1. The highest BCUT2D eigenvalue weighted by Crippen LogP contribution is 2.37. The van der Waals surface area contributed by atoms with Crippen molar-refractivity contribution in [1.29, 1.82) is 0 Å². The second kappa shape index (κ2) is 8.08. The number of hydrogen-bond donors (Lipinski definition) is 2. The Kier molecular flexibility index (Phi) is 5.33. The van der Waals surface area contributed by atoms with Gasteiger partial charge in [0.15, 0.2) is 0 Å². The highest BCUT2D eigenvalue weighted by molar-refractivity contribution is 6.50. The summed E-state index contributed by atoms with van der Waals surface area (Å²) in [6.07, 6.45) is 1.56. The molecule has 0 fully saturated rings. The van der Waals surface area contributed by atoms with E-state index in [1.165, 1.54) is 18.2 Å². The van der Waals surface area contributed by atoms with Crippen molar-refractivity contribution in [2.45, 2.75) is 6.54 Å². The van der Waals surface area contributed by atoms with Crippen molar-refractivity contribution in [2.75, 3.05) is 19.9 Å². The van der Waals surface area contributed by atoms with Gasteiger partial charge in [-0.15, -0.1) is 0 Å². The molecule has 0 saturated heterocycles. The van der Waals surface area contributed by atoms with Gasteiger partial charge in [-0.25, -0.2) is 8.78 Å². The quantitative estimate of drug-likeness (QED) is 0.585. The summed E-state index contributed by atoms with van der Waals surface area (Å²) in [6.45, 7) is -0.695. The number of aromatic nitrogens is 1. The Labute approximate surface area is 170 Å². The highest BCUT2D eigenvalue weighted by atomic mass is 19.1. The molecule has 2 N–H and O–H groups in total. The Bertz CT molecular complexity index is 1180. The number of rotatable bonds is 7. The number of aryl methyl sites for hydroxylation is 1. The maximum atomic E-state index is 14.0. The fourth-order valence-electron chi connectivity index (χ4n) is 3.64. The molecule has 3 aromatic rings. The summed E-state index contributed by atoms with van der Waals surface area (Å²) in [5.74, 6) is -1.28. The summed E-state index contributed by atoms with van der Waals surface area (Å²) >= 11 is 0. The number of nitrogens with one attached hydrogen (secondary N) is 1. The van der Waals surface area contributed by atoms with Gasteiger partial charge < -0.3 is 14.4 Å². The third-order valence-electron chi connectivity index (χ3n) is 4.85. The molecule has 0 atom stereocenters. The van der Waals surface area contributed by atoms with Gasteiger partial charge in [-0.2, -0.15) is 0 Å². The van der Waals surface area contributed by atoms with E-state index < -0.39 is 24.3 Å². The van der Waals surface area contributed by atoms with E-state index >= 15 is 0 Å². The number of benzene rings is 2. The predicted molar refractivity (Wildman–Crippen MR) is 107 cm³/mol. The van der Waals surface area contributed by atoms with Crippen molar-refractivity contribution in [3.8, 4) is 5.75 Å². The molecule has 0 aliphatic carbocycles. The van der Waals surface area contributed by atoms with Crippen LogP contribution in [0, 0.1) is 5.82 Å². The zero-order valence-corrected chi connectivity index (χ0v) is 15.8. The molecule has 1 aliphatic heterocycles. The van der Waals surface area contributed by atoms with Crippen LogP contribution in [0.25, 0.3) is 22.0 Å². The van der Waals surface area contributed by atoms with Gasteiger partial charge in [0.2, 0.25) is 0 Å². The SMILES string of the molecule is O=C1NC(=O)C(c2cn(CCF)c3ccc(F)cc23)=C1c1cccc(OCCO)c1. The van der Waals surface area contributed by atoms with Gasteiger partial charge in [0, 0.05) is 22.7 Å². The third-order valence-corrected chi connectivity index (χ3v) is 4.85. The number of carbonyl (C=O) groups excluding carboxylic acids is 2. The van der Waals surface area contributed by atoms with Gasteiger partial charge in [-0.1, -0.05) is 12.1 Å². The lowest BCUT2D eigenvalue weighted by atomic mass is 9.96. The van der Waals surface area contributed by atoms with E-state index in [0.29, 0.717) is 27.8 Å². The smallest absolute Gasteiger partial charge is 0.259 e. The number of amides is 2. The molecule has 1 aromatic heterocycles. The normalized spacial score (nSPS) is 14.0. The number of hydrogen-bond acceptors (Lipinski definition) is 4. The first-order valence-electron chi connectivity index (χ1n) is 9.32. The number of nitrogens with zero attached hydrogens (tertiary/aromatic N) is 1. The van der Waals surface area contributed by atoms with E-state index in [9.17, 15) is 18.4 Å². The molecular formula is C22H18F2N2O4. The van der Waals surface area contributed by atoms with Crippen LogP contribution in [0.2, 0.25) is 0 Å². The topological polar surface area (TPSA) is 80.6 Å². The van der Waals surface area contributed by atoms with Gasteiger partial charge >= 0.3 is 0 Å². The Morgan fingerprint density at radius 2 is 1.87 bits per heavy atom. The van der Waals surface area contributed by atoms with E-state index in [1.807, 2.05) is 0 Å². The van der Waals surface area contributed by atoms with Crippen molar-refractivity contribution >= 4 is 33.9 Å². The minimum atomic E-state index is -0.637. The first-order valence-corrected chi connectivity index (χ1v) is 9.32. The average molecular weight is 412 g/mol. The predicted octanol–water partition coefficient (Wildman–Crippen LogP) is 2.69. The van der Waals surface area contributed by atoms with Crippen LogP contribution in [-0.2, 0) is 16.1 Å². The zero-order chi connectivity index (χ0) is 21.3. The summed E-state index contributed by atoms with van der Waals surface area (Å²) < 4.78 is 34.0. The monoisotopic (exact) mass is 412 g/mol. The molecule has 30 heavy (non-hydrogen) atoms. The Hall–Kier alpha value is -3.52. The summed E-state index contributed by atoms with van der Waals surface area (Å²) in [6, 6.07) is 10.6. The first kappa shape index (κ1) is 19.8. The van der Waals surface area contributed by atoms with Crippen molar-refractivity contribution in [3.63, 3.8) is 0 Å². The molecule has 0 spiro atoms. The zero-order valence-electron chi connectivity index (χ0n) is 15.8. The maximum absolute atomic E-state index is 14.0. The Morgan fingerprint density at radius 1 is 1.07 bits per heavy atom. The maximum Gasteiger partial charge on any atom is 0.259 e. The van der Waals surface area contributed by atoms with Gasteiger partial charge in [0.1, 0.15) is 24.8 Å². The van der Waals surface area contributed by atoms with Crippen LogP contribution in [0.1, 0.15) is 11.1 Å². The van der Waals surface area contributed by atoms with Crippen LogP contribution in [-0.4, -0.2) is 41.4 Å². The van der Waals surface area contributed by atoms with Crippen molar-refractivity contribution in [1.82, 2.24) is 9.88 Å². The van der Waals surface area contributed by atoms with Gasteiger partial charge in [-0.05, 0) is 35.9 Å². The summed E-state index contributed by atoms with van der Waals surface area (Å²) in [5, 5.41) is 11.6. The van der Waals surface area contributed by atoms with Crippen LogP contribution in [0.4, 0.5) is 8.78 Å². The molecule has 0 saturated carbocycles. The molecule has 2 aromatic carbocycles. The Balaban J connectivity index is 1.93.